The van der Waals surface area contributed by atoms with Crippen molar-refractivity contribution >= 4 is 75.9 Å². The number of ether oxygens (including phenoxy) is 4. The van der Waals surface area contributed by atoms with Crippen LogP contribution in [0.2, 0.25) is 20.1 Å². The number of imide groups is 1. The summed E-state index contributed by atoms with van der Waals surface area (Å²) < 4.78 is 24.7. The van der Waals surface area contributed by atoms with E-state index in [-0.39, 0.29) is 37.8 Å². The van der Waals surface area contributed by atoms with E-state index in [1.165, 1.54) is 18.7 Å². The molecule has 2 saturated heterocycles. The van der Waals surface area contributed by atoms with Gasteiger partial charge >= 0.3 is 5.97 Å². The van der Waals surface area contributed by atoms with Crippen LogP contribution < -0.4 is 0 Å². The monoisotopic (exact) mass is 667 g/mol. The first kappa shape index (κ1) is 29.7. The average Bonchev–Trinajstić information content (AvgIpc) is 3.25. The van der Waals surface area contributed by atoms with E-state index >= 15 is 0 Å². The normalized spacial score (nSPS) is 27.0. The van der Waals surface area contributed by atoms with Crippen molar-refractivity contribution in [3.63, 3.8) is 0 Å². The number of halogens is 4. The van der Waals surface area contributed by atoms with E-state index in [4.69, 9.17) is 65.4 Å². The van der Waals surface area contributed by atoms with Gasteiger partial charge in [-0.2, -0.15) is 0 Å². The van der Waals surface area contributed by atoms with Crippen LogP contribution in [0.25, 0.3) is 0 Å². The van der Waals surface area contributed by atoms with Crippen LogP contribution in [0, 0.1) is 0 Å². The van der Waals surface area contributed by atoms with E-state index in [1.807, 2.05) is 60.7 Å². The predicted molar refractivity (Wildman–Crippen MR) is 157 cm³/mol. The third kappa shape index (κ3) is 5.20. The van der Waals surface area contributed by atoms with E-state index in [0.29, 0.717) is 0 Å². The van der Waals surface area contributed by atoms with Crippen LogP contribution in [0.4, 0.5) is 0 Å². The lowest BCUT2D eigenvalue weighted by atomic mass is 9.95. The highest BCUT2D eigenvalue weighted by atomic mass is 35.5. The van der Waals surface area contributed by atoms with E-state index in [9.17, 15) is 14.4 Å². The Labute approximate surface area is 265 Å². The molecular weight excluding hydrogens is 648 g/mol. The Morgan fingerprint density at radius 2 is 1.43 bits per heavy atom. The Hall–Kier alpha value is -2.34. The quantitative estimate of drug-likeness (QED) is 0.127. The molecule has 2 fully saturated rings. The van der Waals surface area contributed by atoms with Crippen molar-refractivity contribution in [2.24, 2.45) is 0 Å². The van der Waals surface area contributed by atoms with Crippen LogP contribution in [-0.4, -0.2) is 59.1 Å². The first-order chi connectivity index (χ1) is 20.2. The number of carbonyl (C=O) groups is 3. The van der Waals surface area contributed by atoms with Gasteiger partial charge in [-0.3, -0.25) is 19.3 Å². The second-order valence-corrected chi connectivity index (χ2v) is 12.4. The molecule has 0 aliphatic carbocycles. The summed E-state index contributed by atoms with van der Waals surface area (Å²) in [4.78, 5) is 42.3. The molecule has 8 nitrogen and oxygen atoms in total. The molecule has 42 heavy (non-hydrogen) atoms. The van der Waals surface area contributed by atoms with Crippen LogP contribution in [0.15, 0.2) is 65.6 Å². The second-order valence-electron chi connectivity index (χ2n) is 9.70. The summed E-state index contributed by atoms with van der Waals surface area (Å²) in [5, 5.41) is -0.732. The van der Waals surface area contributed by atoms with Gasteiger partial charge in [0.05, 0.1) is 37.8 Å². The smallest absolute Gasteiger partial charge is 0.303 e. The molecule has 1 unspecified atom stereocenters. The summed E-state index contributed by atoms with van der Waals surface area (Å²) in [6.07, 6.45) is -3.56. The van der Waals surface area contributed by atoms with Crippen molar-refractivity contribution < 1.29 is 33.3 Å². The van der Waals surface area contributed by atoms with Crippen LogP contribution in [0.3, 0.4) is 0 Å². The lowest BCUT2D eigenvalue weighted by Gasteiger charge is -2.50. The molecule has 0 radical (unpaired) electrons. The summed E-state index contributed by atoms with van der Waals surface area (Å²) in [7, 11) is 0. The zero-order valence-corrected chi connectivity index (χ0v) is 25.5. The van der Waals surface area contributed by atoms with Gasteiger partial charge in [0.15, 0.2) is 12.4 Å². The Balaban J connectivity index is 1.45. The Morgan fingerprint density at radius 3 is 2.00 bits per heavy atom. The van der Waals surface area contributed by atoms with Crippen molar-refractivity contribution in [2.75, 3.05) is 6.61 Å². The van der Waals surface area contributed by atoms with E-state index < -0.39 is 53.9 Å². The molecule has 0 saturated carbocycles. The molecule has 3 heterocycles. The number of nitrogens with zero attached hydrogens (tertiary/aromatic N) is 1. The van der Waals surface area contributed by atoms with E-state index in [1.54, 1.807) is 0 Å². The van der Waals surface area contributed by atoms with Gasteiger partial charge in [0, 0.05) is 17.4 Å². The topological polar surface area (TPSA) is 91.4 Å². The van der Waals surface area contributed by atoms with E-state index in [2.05, 4.69) is 0 Å². The molecular formula is C29H21Cl4NO7S. The molecule has 6 atom stereocenters. The maximum atomic E-state index is 14.0. The summed E-state index contributed by atoms with van der Waals surface area (Å²) in [6, 6.07) is 17.3. The molecule has 3 aliphatic heterocycles. The number of benzene rings is 3. The van der Waals surface area contributed by atoms with Gasteiger partial charge in [0.2, 0.25) is 0 Å². The lowest BCUT2D eigenvalue weighted by molar-refractivity contribution is -0.311. The number of thioether (sulfide) groups is 1. The van der Waals surface area contributed by atoms with Gasteiger partial charge in [-0.15, -0.1) is 0 Å². The summed E-state index contributed by atoms with van der Waals surface area (Å²) >= 11 is 26.6. The van der Waals surface area contributed by atoms with Gasteiger partial charge in [0.25, 0.3) is 11.8 Å². The second kappa shape index (κ2) is 12.0. The highest BCUT2D eigenvalue weighted by Gasteiger charge is 2.58. The minimum atomic E-state index is -1.17. The molecule has 0 aromatic heterocycles. The zero-order valence-electron chi connectivity index (χ0n) is 21.7. The lowest BCUT2D eigenvalue weighted by Crippen LogP contribution is -2.67. The SMILES string of the molecule is CC(=O)O[C@H]1[C@@H]2OC(c3ccccc3)OC[C@H]2O[C@@H](Sc2ccccc2)[C@@H]1N1C(=O)c2c(Cl)c(Cl)c(Cl)c(Cl)c2C1=O. The molecule has 0 bridgehead atoms. The summed E-state index contributed by atoms with van der Waals surface area (Å²) in [5.74, 6) is -2.20. The van der Waals surface area contributed by atoms with Crippen molar-refractivity contribution in [3.05, 3.63) is 97.4 Å². The minimum Gasteiger partial charge on any atom is -0.457 e. The van der Waals surface area contributed by atoms with Gasteiger partial charge in [-0.05, 0) is 12.1 Å². The third-order valence-corrected chi connectivity index (χ3v) is 10.1. The molecule has 3 aromatic rings. The summed E-state index contributed by atoms with van der Waals surface area (Å²) in [6.45, 7) is 1.34. The Bertz CT molecular complexity index is 1510. The largest absolute Gasteiger partial charge is 0.457 e. The van der Waals surface area contributed by atoms with Crippen LogP contribution in [0.5, 0.6) is 0 Å². The predicted octanol–water partition coefficient (Wildman–Crippen LogP) is 6.83. The number of rotatable bonds is 5. The number of carbonyl (C=O) groups excluding carboxylic acids is 3. The van der Waals surface area contributed by atoms with Gasteiger partial charge in [0.1, 0.15) is 23.7 Å². The molecule has 0 spiro atoms. The maximum absolute atomic E-state index is 14.0. The summed E-state index contributed by atoms with van der Waals surface area (Å²) in [5.41, 5.74) is -0.561. The van der Waals surface area contributed by atoms with Gasteiger partial charge in [-0.25, -0.2) is 0 Å². The number of hydrogen-bond acceptors (Lipinski definition) is 8. The van der Waals surface area contributed by atoms with Crippen LogP contribution in [-0.2, 0) is 23.7 Å². The molecule has 3 aromatic carbocycles. The molecule has 2 amide bonds. The Kier molecular flexibility index (Phi) is 8.48. The standard InChI is InChI=1S/C29H21Cl4NO7S/c1-13(35)39-25-23(34-26(36)17-18(27(34)37)20(31)22(33)21(32)19(17)30)29(42-15-10-6-3-7-11-15)40-16-12-38-28(41-24(16)25)14-8-4-2-5-9-14/h2-11,16,23-25,28-29H,12H2,1H3/t16-,23-,24-,25-,28?,29+/m1/s1. The molecule has 218 valence electrons. The molecule has 13 heteroatoms. The minimum absolute atomic E-state index is 0.103. The number of amides is 2. The average molecular weight is 669 g/mol. The van der Waals surface area contributed by atoms with Crippen molar-refractivity contribution in [1.82, 2.24) is 4.90 Å². The number of esters is 1. The highest BCUT2D eigenvalue weighted by Crippen LogP contribution is 2.48. The fraction of sp³-hybridized carbons (Fsp3) is 0.276. The zero-order chi connectivity index (χ0) is 29.7. The molecule has 3 aliphatic rings. The molecule has 6 rings (SSSR count). The van der Waals surface area contributed by atoms with Crippen molar-refractivity contribution in [3.8, 4) is 0 Å². The number of fused-ring (bicyclic) bond motifs is 2. The number of hydrogen-bond donors (Lipinski definition) is 0. The van der Waals surface area contributed by atoms with E-state index in [0.717, 1.165) is 15.4 Å². The van der Waals surface area contributed by atoms with Crippen molar-refractivity contribution in [2.45, 2.75) is 47.9 Å². The first-order valence-corrected chi connectivity index (χ1v) is 15.2. The van der Waals surface area contributed by atoms with Gasteiger partial charge < -0.3 is 18.9 Å². The van der Waals surface area contributed by atoms with Crippen LogP contribution >= 0.6 is 58.2 Å². The third-order valence-electron chi connectivity index (χ3n) is 7.11. The fourth-order valence-electron chi connectivity index (χ4n) is 5.30. The first-order valence-electron chi connectivity index (χ1n) is 12.8. The highest BCUT2D eigenvalue weighted by molar-refractivity contribution is 7.99. The maximum Gasteiger partial charge on any atom is 0.303 e. The Morgan fingerprint density at radius 1 is 0.857 bits per heavy atom. The van der Waals surface area contributed by atoms with Crippen LogP contribution in [0.1, 0.15) is 39.5 Å². The van der Waals surface area contributed by atoms with Crippen molar-refractivity contribution in [1.29, 1.82) is 0 Å². The fourth-order valence-corrected chi connectivity index (χ4v) is 7.52. The van der Waals surface area contributed by atoms with Gasteiger partial charge in [-0.1, -0.05) is 107 Å². The molecule has 0 N–H and O–H groups in total.